The monoisotopic (exact) mass is 352 g/mol. The van der Waals surface area contributed by atoms with E-state index in [1.807, 2.05) is 0 Å². The number of aliphatic hydroxyl groups is 1. The highest BCUT2D eigenvalue weighted by Crippen LogP contribution is 2.22. The van der Waals surface area contributed by atoms with Gasteiger partial charge in [0.15, 0.2) is 18.2 Å². The van der Waals surface area contributed by atoms with Crippen molar-refractivity contribution in [3.05, 3.63) is 30.1 Å². The average molecular weight is 352 g/mol. The molecule has 1 aliphatic rings. The minimum absolute atomic E-state index is 0.0424. The topological polar surface area (TPSA) is 78.9 Å². The van der Waals surface area contributed by atoms with Gasteiger partial charge in [-0.25, -0.2) is 4.39 Å². The van der Waals surface area contributed by atoms with Gasteiger partial charge in [0.1, 0.15) is 0 Å². The Morgan fingerprint density at radius 1 is 1.32 bits per heavy atom. The molecule has 2 N–H and O–H groups in total. The van der Waals surface area contributed by atoms with Crippen molar-refractivity contribution in [2.45, 2.75) is 32.3 Å². The van der Waals surface area contributed by atoms with Crippen molar-refractivity contribution in [2.75, 3.05) is 26.2 Å². The quantitative estimate of drug-likeness (QED) is 0.810. The number of nitrogens with one attached hydrogen (secondary N) is 1. The molecular formula is C18H25FN2O4. The zero-order valence-corrected chi connectivity index (χ0v) is 14.6. The minimum Gasteiger partial charge on any atom is -0.481 e. The van der Waals surface area contributed by atoms with Gasteiger partial charge in [-0.1, -0.05) is 26.0 Å². The maximum absolute atomic E-state index is 13.5. The normalized spacial score (nSPS) is 16.6. The van der Waals surface area contributed by atoms with Crippen molar-refractivity contribution in [3.8, 4) is 5.75 Å². The molecule has 25 heavy (non-hydrogen) atoms. The van der Waals surface area contributed by atoms with E-state index >= 15 is 0 Å². The summed E-state index contributed by atoms with van der Waals surface area (Å²) in [6.07, 6.45) is 0.744. The lowest BCUT2D eigenvalue weighted by Gasteiger charge is -2.38. The standard InChI is InChI=1S/C18H25FN2O4/c1-13(2)17(23)20-12-18(24)7-9-21(10-8-18)16(22)11-25-15-6-4-3-5-14(15)19/h3-6,13,24H,7-12H2,1-2H3,(H,20,23). The lowest BCUT2D eigenvalue weighted by Crippen LogP contribution is -2.53. The molecule has 138 valence electrons. The Morgan fingerprint density at radius 2 is 1.96 bits per heavy atom. The van der Waals surface area contributed by atoms with Crippen LogP contribution < -0.4 is 10.1 Å². The third kappa shape index (κ3) is 5.42. The van der Waals surface area contributed by atoms with Crippen LogP contribution in [-0.4, -0.2) is 53.7 Å². The number of carbonyl (C=O) groups excluding carboxylic acids is 2. The van der Waals surface area contributed by atoms with Gasteiger partial charge >= 0.3 is 0 Å². The number of hydrogen-bond donors (Lipinski definition) is 2. The van der Waals surface area contributed by atoms with Crippen molar-refractivity contribution in [1.29, 1.82) is 0 Å². The Labute approximate surface area is 147 Å². The second kappa shape index (κ2) is 8.29. The van der Waals surface area contributed by atoms with Crippen LogP contribution in [-0.2, 0) is 9.59 Å². The summed E-state index contributed by atoms with van der Waals surface area (Å²) in [7, 11) is 0. The number of amides is 2. The van der Waals surface area contributed by atoms with Gasteiger partial charge in [-0.3, -0.25) is 9.59 Å². The van der Waals surface area contributed by atoms with E-state index in [0.29, 0.717) is 25.9 Å². The summed E-state index contributed by atoms with van der Waals surface area (Å²) in [6.45, 7) is 4.24. The number of carbonyl (C=O) groups is 2. The van der Waals surface area contributed by atoms with Crippen LogP contribution in [0.5, 0.6) is 5.75 Å². The second-order valence-electron chi connectivity index (χ2n) is 6.70. The maximum Gasteiger partial charge on any atom is 0.260 e. The van der Waals surface area contributed by atoms with Crippen LogP contribution in [0.25, 0.3) is 0 Å². The summed E-state index contributed by atoms with van der Waals surface area (Å²) >= 11 is 0. The first kappa shape index (κ1) is 19.2. The first-order valence-electron chi connectivity index (χ1n) is 8.46. The maximum atomic E-state index is 13.5. The lowest BCUT2D eigenvalue weighted by atomic mass is 9.91. The van der Waals surface area contributed by atoms with E-state index in [1.54, 1.807) is 30.9 Å². The molecule has 0 saturated carbocycles. The van der Waals surface area contributed by atoms with Gasteiger partial charge in [-0.2, -0.15) is 0 Å². The molecule has 0 bridgehead atoms. The molecule has 0 atom stereocenters. The average Bonchev–Trinajstić information content (AvgIpc) is 2.59. The Bertz CT molecular complexity index is 613. The SMILES string of the molecule is CC(C)C(=O)NCC1(O)CCN(C(=O)COc2ccccc2F)CC1. The molecule has 1 saturated heterocycles. The van der Waals surface area contributed by atoms with Crippen LogP contribution in [0.4, 0.5) is 4.39 Å². The third-order valence-corrected chi connectivity index (χ3v) is 4.35. The van der Waals surface area contributed by atoms with Crippen LogP contribution >= 0.6 is 0 Å². The Balaban J connectivity index is 1.78. The smallest absolute Gasteiger partial charge is 0.260 e. The highest BCUT2D eigenvalue weighted by Gasteiger charge is 2.34. The summed E-state index contributed by atoms with van der Waals surface area (Å²) in [5.74, 6) is -0.965. The van der Waals surface area contributed by atoms with E-state index in [-0.39, 0.29) is 36.6 Å². The number of likely N-dealkylation sites (tertiary alicyclic amines) is 1. The van der Waals surface area contributed by atoms with Crippen LogP contribution in [0, 0.1) is 11.7 Å². The molecule has 0 aromatic heterocycles. The van der Waals surface area contributed by atoms with Crippen LogP contribution in [0.2, 0.25) is 0 Å². The van der Waals surface area contributed by atoms with Crippen LogP contribution in [0.1, 0.15) is 26.7 Å². The summed E-state index contributed by atoms with van der Waals surface area (Å²) in [4.78, 5) is 25.4. The molecule has 0 unspecified atom stereocenters. The Morgan fingerprint density at radius 3 is 2.56 bits per heavy atom. The number of halogens is 1. The van der Waals surface area contributed by atoms with Crippen LogP contribution in [0.3, 0.4) is 0 Å². The number of hydrogen-bond acceptors (Lipinski definition) is 4. The number of piperidine rings is 1. The van der Waals surface area contributed by atoms with Gasteiger partial charge in [0.2, 0.25) is 5.91 Å². The molecule has 1 aromatic carbocycles. The van der Waals surface area contributed by atoms with E-state index in [9.17, 15) is 19.1 Å². The van der Waals surface area contributed by atoms with Crippen molar-refractivity contribution in [3.63, 3.8) is 0 Å². The summed E-state index contributed by atoms with van der Waals surface area (Å²) in [5.41, 5.74) is -1.01. The molecule has 0 aliphatic carbocycles. The lowest BCUT2D eigenvalue weighted by molar-refractivity contribution is -0.138. The minimum atomic E-state index is -1.01. The molecule has 1 aromatic rings. The summed E-state index contributed by atoms with van der Waals surface area (Å²) in [6, 6.07) is 5.92. The highest BCUT2D eigenvalue weighted by molar-refractivity contribution is 5.78. The zero-order chi connectivity index (χ0) is 18.4. The van der Waals surface area contributed by atoms with E-state index in [4.69, 9.17) is 4.74 Å². The number of para-hydroxylation sites is 1. The summed E-state index contributed by atoms with van der Waals surface area (Å²) in [5, 5.41) is 13.2. The summed E-state index contributed by atoms with van der Waals surface area (Å²) < 4.78 is 18.7. The Hall–Kier alpha value is -2.15. The highest BCUT2D eigenvalue weighted by atomic mass is 19.1. The first-order valence-corrected chi connectivity index (χ1v) is 8.46. The number of ether oxygens (including phenoxy) is 1. The molecule has 2 amide bonds. The first-order chi connectivity index (χ1) is 11.8. The van der Waals surface area contributed by atoms with Gasteiger partial charge in [0.25, 0.3) is 5.91 Å². The van der Waals surface area contributed by atoms with E-state index in [2.05, 4.69) is 5.32 Å². The van der Waals surface area contributed by atoms with E-state index in [1.165, 1.54) is 12.1 Å². The molecular weight excluding hydrogens is 327 g/mol. The van der Waals surface area contributed by atoms with E-state index in [0.717, 1.165) is 0 Å². The molecule has 1 heterocycles. The molecule has 1 aliphatic heterocycles. The largest absolute Gasteiger partial charge is 0.481 e. The fourth-order valence-electron chi connectivity index (χ4n) is 2.60. The fraction of sp³-hybridized carbons (Fsp3) is 0.556. The molecule has 7 heteroatoms. The van der Waals surface area contributed by atoms with Crippen LogP contribution in [0.15, 0.2) is 24.3 Å². The number of benzene rings is 1. The Kier molecular flexibility index (Phi) is 6.36. The number of nitrogens with zero attached hydrogens (tertiary/aromatic N) is 1. The van der Waals surface area contributed by atoms with Crippen molar-refractivity contribution >= 4 is 11.8 Å². The van der Waals surface area contributed by atoms with Gasteiger partial charge in [-0.15, -0.1) is 0 Å². The molecule has 1 fully saturated rings. The van der Waals surface area contributed by atoms with Gasteiger partial charge in [0.05, 0.1) is 5.60 Å². The van der Waals surface area contributed by atoms with Gasteiger partial charge < -0.3 is 20.1 Å². The zero-order valence-electron chi connectivity index (χ0n) is 14.6. The molecule has 6 nitrogen and oxygen atoms in total. The van der Waals surface area contributed by atoms with Gasteiger partial charge in [0, 0.05) is 25.6 Å². The van der Waals surface area contributed by atoms with Crippen molar-refractivity contribution < 1.29 is 23.8 Å². The number of rotatable bonds is 6. The fourth-order valence-corrected chi connectivity index (χ4v) is 2.60. The van der Waals surface area contributed by atoms with Crippen molar-refractivity contribution in [2.24, 2.45) is 5.92 Å². The third-order valence-electron chi connectivity index (χ3n) is 4.35. The molecule has 2 rings (SSSR count). The second-order valence-corrected chi connectivity index (χ2v) is 6.70. The predicted molar refractivity (Wildman–Crippen MR) is 90.5 cm³/mol. The molecule has 0 spiro atoms. The van der Waals surface area contributed by atoms with Crippen molar-refractivity contribution in [1.82, 2.24) is 10.2 Å². The predicted octanol–water partition coefficient (Wildman–Crippen LogP) is 1.33. The van der Waals surface area contributed by atoms with E-state index < -0.39 is 11.4 Å². The van der Waals surface area contributed by atoms with Gasteiger partial charge in [-0.05, 0) is 25.0 Å². The molecule has 0 radical (unpaired) electrons.